The summed E-state index contributed by atoms with van der Waals surface area (Å²) in [5.74, 6) is 0. The Balaban J connectivity index is 1.53. The van der Waals surface area contributed by atoms with Crippen LogP contribution in [0, 0.1) is 6.92 Å². The van der Waals surface area contributed by atoms with Crippen molar-refractivity contribution in [3.8, 4) is 0 Å². The van der Waals surface area contributed by atoms with Crippen LogP contribution in [0.4, 0.5) is 10.5 Å². The number of carbonyl (C=O) groups is 1. The van der Waals surface area contributed by atoms with Gasteiger partial charge in [0.05, 0.1) is 6.21 Å². The molecule has 4 aromatic rings. The second-order valence-electron chi connectivity index (χ2n) is 7.10. The summed E-state index contributed by atoms with van der Waals surface area (Å²) in [6.07, 6.45) is 3.62. The van der Waals surface area contributed by atoms with Gasteiger partial charge in [-0.1, -0.05) is 65.7 Å². The molecule has 0 fully saturated rings. The number of rotatable bonds is 5. The Kier molecular flexibility index (Phi) is 6.26. The third-order valence-electron chi connectivity index (χ3n) is 4.94. The standard InChI is InChI=1S/C24H20Cl2N4O/c1-16-6-2-4-8-22(16)28-24(31)29-27-13-18-15-30(23-9-5-3-7-20(18)23)14-17-10-11-19(25)12-21(17)26/h2-13,15H,14H2,1H3,(H2,28,29,31). The lowest BCUT2D eigenvalue weighted by atomic mass is 10.2. The summed E-state index contributed by atoms with van der Waals surface area (Å²) in [6, 6.07) is 20.7. The summed E-state index contributed by atoms with van der Waals surface area (Å²) < 4.78 is 2.10. The van der Waals surface area contributed by atoms with Crippen molar-refractivity contribution in [1.29, 1.82) is 0 Å². The van der Waals surface area contributed by atoms with Crippen LogP contribution in [0.5, 0.6) is 0 Å². The molecule has 5 nitrogen and oxygen atoms in total. The topological polar surface area (TPSA) is 58.4 Å². The van der Waals surface area contributed by atoms with Gasteiger partial charge < -0.3 is 9.88 Å². The highest BCUT2D eigenvalue weighted by Crippen LogP contribution is 2.25. The number of hydrazone groups is 1. The first kappa shape index (κ1) is 21.0. The molecule has 0 spiro atoms. The summed E-state index contributed by atoms with van der Waals surface area (Å²) in [5, 5.41) is 9.16. The predicted molar refractivity (Wildman–Crippen MR) is 128 cm³/mol. The number of benzene rings is 3. The Hall–Kier alpha value is -3.28. The second-order valence-corrected chi connectivity index (χ2v) is 7.95. The zero-order chi connectivity index (χ0) is 21.8. The highest BCUT2D eigenvalue weighted by Gasteiger charge is 2.09. The van der Waals surface area contributed by atoms with Crippen LogP contribution in [0.3, 0.4) is 0 Å². The molecule has 2 amide bonds. The molecule has 31 heavy (non-hydrogen) atoms. The van der Waals surface area contributed by atoms with Gasteiger partial charge >= 0.3 is 6.03 Å². The summed E-state index contributed by atoms with van der Waals surface area (Å²) in [5.41, 5.74) is 7.13. The van der Waals surface area contributed by atoms with E-state index in [0.29, 0.717) is 16.6 Å². The van der Waals surface area contributed by atoms with E-state index in [-0.39, 0.29) is 0 Å². The van der Waals surface area contributed by atoms with E-state index in [1.807, 2.05) is 73.8 Å². The molecule has 0 unspecified atom stereocenters. The van der Waals surface area contributed by atoms with Gasteiger partial charge in [0.1, 0.15) is 0 Å². The fraction of sp³-hybridized carbons (Fsp3) is 0.0833. The number of amides is 2. The summed E-state index contributed by atoms with van der Waals surface area (Å²) in [7, 11) is 0. The molecule has 7 heteroatoms. The molecule has 0 saturated carbocycles. The van der Waals surface area contributed by atoms with Crippen molar-refractivity contribution in [2.75, 3.05) is 5.32 Å². The molecule has 0 aliphatic carbocycles. The number of halogens is 2. The third-order valence-corrected chi connectivity index (χ3v) is 5.53. The third kappa shape index (κ3) is 4.90. The van der Waals surface area contributed by atoms with Gasteiger partial charge in [0.25, 0.3) is 0 Å². The molecule has 0 aliphatic rings. The van der Waals surface area contributed by atoms with Crippen LogP contribution >= 0.6 is 23.2 Å². The van der Waals surface area contributed by atoms with Crippen LogP contribution in [0.25, 0.3) is 10.9 Å². The molecule has 1 aromatic heterocycles. The average Bonchev–Trinajstić information content (AvgIpc) is 3.09. The number of nitrogens with one attached hydrogen (secondary N) is 2. The van der Waals surface area contributed by atoms with E-state index in [4.69, 9.17) is 23.2 Å². The highest BCUT2D eigenvalue weighted by molar-refractivity contribution is 6.35. The van der Waals surface area contributed by atoms with Gasteiger partial charge in [0.2, 0.25) is 0 Å². The Morgan fingerprint density at radius 3 is 2.65 bits per heavy atom. The van der Waals surface area contributed by atoms with Crippen LogP contribution in [0.1, 0.15) is 16.7 Å². The maximum absolute atomic E-state index is 12.2. The smallest absolute Gasteiger partial charge is 0.339 e. The number of para-hydroxylation sites is 2. The highest BCUT2D eigenvalue weighted by atomic mass is 35.5. The fourth-order valence-electron chi connectivity index (χ4n) is 3.37. The van der Waals surface area contributed by atoms with Crippen molar-refractivity contribution < 1.29 is 4.79 Å². The van der Waals surface area contributed by atoms with Gasteiger partial charge in [-0.25, -0.2) is 10.2 Å². The molecular weight excluding hydrogens is 431 g/mol. The normalized spacial score (nSPS) is 11.2. The van der Waals surface area contributed by atoms with Crippen molar-refractivity contribution in [3.63, 3.8) is 0 Å². The van der Waals surface area contributed by atoms with Gasteiger partial charge in [0, 0.05) is 44.9 Å². The Morgan fingerprint density at radius 1 is 1.06 bits per heavy atom. The van der Waals surface area contributed by atoms with Gasteiger partial charge in [-0.3, -0.25) is 0 Å². The second kappa shape index (κ2) is 9.25. The molecule has 3 aromatic carbocycles. The van der Waals surface area contributed by atoms with Crippen molar-refractivity contribution in [2.24, 2.45) is 5.10 Å². The molecule has 2 N–H and O–H groups in total. The number of hydrogen-bond donors (Lipinski definition) is 2. The van der Waals surface area contributed by atoms with E-state index < -0.39 is 6.03 Å². The van der Waals surface area contributed by atoms with Crippen LogP contribution in [-0.2, 0) is 6.54 Å². The number of aromatic nitrogens is 1. The molecule has 156 valence electrons. The Bertz CT molecular complexity index is 1280. The van der Waals surface area contributed by atoms with Crippen LogP contribution in [-0.4, -0.2) is 16.8 Å². The molecular formula is C24H20Cl2N4O. The Labute approximate surface area is 190 Å². The van der Waals surface area contributed by atoms with Gasteiger partial charge in [-0.2, -0.15) is 5.10 Å². The minimum absolute atomic E-state index is 0.401. The van der Waals surface area contributed by atoms with Crippen molar-refractivity contribution in [2.45, 2.75) is 13.5 Å². The van der Waals surface area contributed by atoms with E-state index in [0.717, 1.165) is 33.3 Å². The van der Waals surface area contributed by atoms with Crippen molar-refractivity contribution >= 4 is 52.0 Å². The lowest BCUT2D eigenvalue weighted by Crippen LogP contribution is -2.24. The average molecular weight is 451 g/mol. The lowest BCUT2D eigenvalue weighted by molar-refractivity contribution is 0.252. The van der Waals surface area contributed by atoms with Crippen LogP contribution in [0.2, 0.25) is 10.0 Å². The molecule has 0 aliphatic heterocycles. The SMILES string of the molecule is Cc1ccccc1NC(=O)NN=Cc1cn(Cc2ccc(Cl)cc2Cl)c2ccccc12. The van der Waals surface area contributed by atoms with Gasteiger partial charge in [0.15, 0.2) is 0 Å². The van der Waals surface area contributed by atoms with E-state index in [1.165, 1.54) is 0 Å². The number of fused-ring (bicyclic) bond motifs is 1. The molecule has 4 rings (SSSR count). The molecule has 1 heterocycles. The van der Waals surface area contributed by atoms with Gasteiger partial charge in [-0.15, -0.1) is 0 Å². The van der Waals surface area contributed by atoms with E-state index in [2.05, 4.69) is 20.4 Å². The first-order valence-corrected chi connectivity index (χ1v) is 10.4. The monoisotopic (exact) mass is 450 g/mol. The number of carbonyl (C=O) groups excluding carboxylic acids is 1. The molecule has 0 saturated heterocycles. The van der Waals surface area contributed by atoms with Crippen LogP contribution < -0.4 is 10.7 Å². The first-order chi connectivity index (χ1) is 15.0. The van der Waals surface area contributed by atoms with E-state index >= 15 is 0 Å². The fourth-order valence-corrected chi connectivity index (χ4v) is 3.83. The zero-order valence-corrected chi connectivity index (χ0v) is 18.3. The van der Waals surface area contributed by atoms with Crippen LogP contribution in [0.15, 0.2) is 78.0 Å². The van der Waals surface area contributed by atoms with E-state index in [9.17, 15) is 4.79 Å². The summed E-state index contributed by atoms with van der Waals surface area (Å²) >= 11 is 12.4. The quantitative estimate of drug-likeness (QED) is 0.266. The summed E-state index contributed by atoms with van der Waals surface area (Å²) in [4.78, 5) is 12.2. The summed E-state index contributed by atoms with van der Waals surface area (Å²) in [6.45, 7) is 2.52. The largest absolute Gasteiger partial charge is 0.342 e. The maximum Gasteiger partial charge on any atom is 0.339 e. The van der Waals surface area contributed by atoms with Gasteiger partial charge in [-0.05, 0) is 42.3 Å². The van der Waals surface area contributed by atoms with E-state index in [1.54, 1.807) is 12.3 Å². The Morgan fingerprint density at radius 2 is 1.84 bits per heavy atom. The number of urea groups is 1. The van der Waals surface area contributed by atoms with Crippen molar-refractivity contribution in [1.82, 2.24) is 9.99 Å². The number of aryl methyl sites for hydroxylation is 1. The number of nitrogens with zero attached hydrogens (tertiary/aromatic N) is 2. The lowest BCUT2D eigenvalue weighted by Gasteiger charge is -2.08. The number of hydrogen-bond acceptors (Lipinski definition) is 2. The number of anilines is 1. The zero-order valence-electron chi connectivity index (χ0n) is 16.8. The first-order valence-electron chi connectivity index (χ1n) is 9.69. The van der Waals surface area contributed by atoms with Crippen molar-refractivity contribution in [3.05, 3.63) is 99.7 Å². The molecule has 0 atom stereocenters. The minimum atomic E-state index is -0.401. The minimum Gasteiger partial charge on any atom is -0.342 e. The predicted octanol–water partition coefficient (Wildman–Crippen LogP) is 6.46. The molecule has 0 bridgehead atoms. The maximum atomic E-state index is 12.2. The molecule has 0 radical (unpaired) electrons.